The fraction of sp³-hybridized carbons (Fsp3) is 0.636. The van der Waals surface area contributed by atoms with E-state index in [4.69, 9.17) is 10.5 Å². The standard InChI is InChI=1S/C11H17N3O2S/c1-3-16-11(15)8-9(12)13-17-10(8)14-6-4-5-7(14)2/h7H,3-6H2,1-2H3,(H2,12,13). The third-order valence-electron chi connectivity index (χ3n) is 2.99. The maximum atomic E-state index is 11.8. The van der Waals surface area contributed by atoms with Gasteiger partial charge in [0.05, 0.1) is 6.61 Å². The van der Waals surface area contributed by atoms with Crippen molar-refractivity contribution in [3.63, 3.8) is 0 Å². The normalized spacial score (nSPS) is 19.6. The number of nitrogens with zero attached hydrogens (tertiary/aromatic N) is 2. The first-order chi connectivity index (χ1) is 8.15. The van der Waals surface area contributed by atoms with Crippen LogP contribution in [0.3, 0.4) is 0 Å². The van der Waals surface area contributed by atoms with Crippen LogP contribution in [0, 0.1) is 0 Å². The van der Waals surface area contributed by atoms with Gasteiger partial charge in [-0.1, -0.05) is 0 Å². The van der Waals surface area contributed by atoms with Crippen LogP contribution in [0.5, 0.6) is 0 Å². The molecule has 0 bridgehead atoms. The molecular formula is C11H17N3O2S. The zero-order valence-electron chi connectivity index (χ0n) is 10.1. The van der Waals surface area contributed by atoms with Gasteiger partial charge in [0.15, 0.2) is 5.82 Å². The summed E-state index contributed by atoms with van der Waals surface area (Å²) in [5.41, 5.74) is 6.19. The van der Waals surface area contributed by atoms with Gasteiger partial charge in [-0.2, -0.15) is 4.37 Å². The predicted octanol–water partition coefficient (Wildman–Crippen LogP) is 1.89. The Labute approximate surface area is 105 Å². The molecule has 0 amide bonds. The first kappa shape index (κ1) is 12.2. The summed E-state index contributed by atoms with van der Waals surface area (Å²) in [6.45, 7) is 5.24. The largest absolute Gasteiger partial charge is 0.462 e. The van der Waals surface area contributed by atoms with Crippen molar-refractivity contribution >= 4 is 28.3 Å². The van der Waals surface area contributed by atoms with Crippen molar-refractivity contribution in [1.29, 1.82) is 0 Å². The molecule has 1 atom stereocenters. The van der Waals surface area contributed by atoms with E-state index in [0.29, 0.717) is 18.2 Å². The molecule has 2 rings (SSSR count). The Morgan fingerprint density at radius 2 is 2.47 bits per heavy atom. The summed E-state index contributed by atoms with van der Waals surface area (Å²) >= 11 is 1.28. The molecule has 1 aliphatic heterocycles. The summed E-state index contributed by atoms with van der Waals surface area (Å²) < 4.78 is 9.10. The SMILES string of the molecule is CCOC(=O)c1c(N)nsc1N1CCCC1C. The zero-order valence-corrected chi connectivity index (χ0v) is 10.9. The highest BCUT2D eigenvalue weighted by molar-refractivity contribution is 7.11. The van der Waals surface area contributed by atoms with Crippen LogP contribution in [0.25, 0.3) is 0 Å². The van der Waals surface area contributed by atoms with E-state index in [1.54, 1.807) is 6.92 Å². The molecule has 0 aliphatic carbocycles. The van der Waals surface area contributed by atoms with E-state index in [-0.39, 0.29) is 11.8 Å². The van der Waals surface area contributed by atoms with E-state index < -0.39 is 0 Å². The van der Waals surface area contributed by atoms with E-state index in [1.807, 2.05) is 0 Å². The molecule has 0 aromatic carbocycles. The van der Waals surface area contributed by atoms with Gasteiger partial charge in [0.25, 0.3) is 0 Å². The Bertz CT molecular complexity index is 419. The average molecular weight is 255 g/mol. The van der Waals surface area contributed by atoms with Crippen LogP contribution in [0.2, 0.25) is 0 Å². The number of nitrogens with two attached hydrogens (primary N) is 1. The molecule has 2 N–H and O–H groups in total. The second-order valence-corrected chi connectivity index (χ2v) is 4.90. The fourth-order valence-corrected chi connectivity index (χ4v) is 3.05. The second-order valence-electron chi connectivity index (χ2n) is 4.15. The summed E-state index contributed by atoms with van der Waals surface area (Å²) in [6.07, 6.45) is 2.28. The van der Waals surface area contributed by atoms with Crippen molar-refractivity contribution in [2.75, 3.05) is 23.8 Å². The summed E-state index contributed by atoms with van der Waals surface area (Å²) in [5.74, 6) is -0.0876. The molecule has 1 saturated heterocycles. The van der Waals surface area contributed by atoms with Crippen molar-refractivity contribution < 1.29 is 9.53 Å². The Morgan fingerprint density at radius 3 is 3.06 bits per heavy atom. The van der Waals surface area contributed by atoms with Gasteiger partial charge in [-0.15, -0.1) is 0 Å². The van der Waals surface area contributed by atoms with Gasteiger partial charge in [0.2, 0.25) is 0 Å². The number of carbonyl (C=O) groups is 1. The minimum atomic E-state index is -0.368. The molecule has 6 heteroatoms. The number of hydrogen-bond donors (Lipinski definition) is 1. The summed E-state index contributed by atoms with van der Waals surface area (Å²) in [7, 11) is 0. The molecule has 94 valence electrons. The van der Waals surface area contributed by atoms with Gasteiger partial charge in [0, 0.05) is 12.6 Å². The lowest BCUT2D eigenvalue weighted by molar-refractivity contribution is 0.0528. The fourth-order valence-electron chi connectivity index (χ4n) is 2.12. The predicted molar refractivity (Wildman–Crippen MR) is 68.5 cm³/mol. The molecule has 0 spiro atoms. The topological polar surface area (TPSA) is 68.5 Å². The Morgan fingerprint density at radius 1 is 1.71 bits per heavy atom. The highest BCUT2D eigenvalue weighted by Gasteiger charge is 2.29. The van der Waals surface area contributed by atoms with Crippen LogP contribution in [-0.4, -0.2) is 29.5 Å². The van der Waals surface area contributed by atoms with Crippen molar-refractivity contribution in [3.05, 3.63) is 5.56 Å². The molecule has 1 aliphatic rings. The van der Waals surface area contributed by atoms with E-state index in [1.165, 1.54) is 11.5 Å². The van der Waals surface area contributed by atoms with E-state index in [0.717, 1.165) is 24.4 Å². The van der Waals surface area contributed by atoms with Crippen LogP contribution in [0.4, 0.5) is 10.8 Å². The van der Waals surface area contributed by atoms with Crippen molar-refractivity contribution in [2.24, 2.45) is 0 Å². The molecule has 1 unspecified atom stereocenters. The molecule has 1 aromatic rings. The molecule has 1 aromatic heterocycles. The first-order valence-electron chi connectivity index (χ1n) is 5.84. The Kier molecular flexibility index (Phi) is 3.51. The molecule has 5 nitrogen and oxygen atoms in total. The average Bonchev–Trinajstić information content (AvgIpc) is 2.84. The van der Waals surface area contributed by atoms with Gasteiger partial charge in [-0.3, -0.25) is 0 Å². The summed E-state index contributed by atoms with van der Waals surface area (Å²) in [4.78, 5) is 14.0. The molecule has 2 heterocycles. The van der Waals surface area contributed by atoms with Crippen LogP contribution < -0.4 is 10.6 Å². The van der Waals surface area contributed by atoms with Gasteiger partial charge in [-0.25, -0.2) is 4.79 Å². The zero-order chi connectivity index (χ0) is 12.4. The number of carbonyl (C=O) groups excluding carboxylic acids is 1. The van der Waals surface area contributed by atoms with Crippen molar-refractivity contribution in [1.82, 2.24) is 4.37 Å². The lowest BCUT2D eigenvalue weighted by atomic mass is 10.2. The van der Waals surface area contributed by atoms with E-state index in [9.17, 15) is 4.79 Å². The number of nitrogen functional groups attached to an aromatic ring is 1. The summed E-state index contributed by atoms with van der Waals surface area (Å²) in [6, 6.07) is 0.433. The van der Waals surface area contributed by atoms with Crippen LogP contribution in [0.1, 0.15) is 37.0 Å². The number of esters is 1. The number of rotatable bonds is 3. The van der Waals surface area contributed by atoms with E-state index in [2.05, 4.69) is 16.2 Å². The third-order valence-corrected chi connectivity index (χ3v) is 3.89. The highest BCUT2D eigenvalue weighted by atomic mass is 32.1. The maximum absolute atomic E-state index is 11.8. The van der Waals surface area contributed by atoms with E-state index >= 15 is 0 Å². The molecular weight excluding hydrogens is 238 g/mol. The number of anilines is 2. The first-order valence-corrected chi connectivity index (χ1v) is 6.61. The van der Waals surface area contributed by atoms with Gasteiger partial charge in [0.1, 0.15) is 10.6 Å². The number of ether oxygens (including phenoxy) is 1. The minimum Gasteiger partial charge on any atom is -0.462 e. The Balaban J connectivity index is 2.31. The van der Waals surface area contributed by atoms with Gasteiger partial charge in [-0.05, 0) is 38.2 Å². The van der Waals surface area contributed by atoms with Crippen molar-refractivity contribution in [3.8, 4) is 0 Å². The lowest BCUT2D eigenvalue weighted by Crippen LogP contribution is -2.27. The summed E-state index contributed by atoms with van der Waals surface area (Å²) in [5, 5.41) is 0.853. The molecule has 0 saturated carbocycles. The smallest absolute Gasteiger partial charge is 0.345 e. The quantitative estimate of drug-likeness (QED) is 0.835. The second kappa shape index (κ2) is 4.91. The molecule has 0 radical (unpaired) electrons. The van der Waals surface area contributed by atoms with Crippen LogP contribution in [-0.2, 0) is 4.74 Å². The van der Waals surface area contributed by atoms with Crippen LogP contribution >= 0.6 is 11.5 Å². The maximum Gasteiger partial charge on any atom is 0.345 e. The third kappa shape index (κ3) is 2.22. The van der Waals surface area contributed by atoms with Crippen molar-refractivity contribution in [2.45, 2.75) is 32.7 Å². The highest BCUT2D eigenvalue weighted by Crippen LogP contribution is 2.35. The van der Waals surface area contributed by atoms with Gasteiger partial charge < -0.3 is 15.4 Å². The minimum absolute atomic E-state index is 0.280. The van der Waals surface area contributed by atoms with Crippen LogP contribution in [0.15, 0.2) is 0 Å². The monoisotopic (exact) mass is 255 g/mol. The Hall–Kier alpha value is -1.30. The van der Waals surface area contributed by atoms with Gasteiger partial charge >= 0.3 is 5.97 Å². The number of aromatic nitrogens is 1. The molecule has 1 fully saturated rings. The lowest BCUT2D eigenvalue weighted by Gasteiger charge is -2.22. The molecule has 17 heavy (non-hydrogen) atoms. The number of hydrogen-bond acceptors (Lipinski definition) is 6.